The van der Waals surface area contributed by atoms with Gasteiger partial charge in [-0.15, -0.1) is 11.3 Å². The second-order valence-corrected chi connectivity index (χ2v) is 5.78. The first-order valence-electron chi connectivity index (χ1n) is 6.61. The lowest BCUT2D eigenvalue weighted by Crippen LogP contribution is -1.90. The Labute approximate surface area is 129 Å². The monoisotopic (exact) mass is 308 g/mol. The van der Waals surface area contributed by atoms with Gasteiger partial charge in [-0.05, 0) is 35.4 Å². The Morgan fingerprint density at radius 1 is 1.09 bits per heavy atom. The third-order valence-electron chi connectivity index (χ3n) is 3.51. The molecule has 1 aromatic carbocycles. The van der Waals surface area contributed by atoms with Crippen LogP contribution in [0, 0.1) is 0 Å². The number of nitrogens with two attached hydrogens (primary N) is 2. The maximum absolute atomic E-state index is 5.98. The summed E-state index contributed by atoms with van der Waals surface area (Å²) in [6.07, 6.45) is 3.53. The molecule has 0 fully saturated rings. The third-order valence-corrected chi connectivity index (χ3v) is 4.32. The molecule has 3 aromatic heterocycles. The summed E-state index contributed by atoms with van der Waals surface area (Å²) < 4.78 is 0. The second-order valence-electron chi connectivity index (χ2n) is 4.89. The van der Waals surface area contributed by atoms with Crippen LogP contribution in [0.15, 0.2) is 42.2 Å². The van der Waals surface area contributed by atoms with Crippen LogP contribution in [0.5, 0.6) is 0 Å². The van der Waals surface area contributed by atoms with Gasteiger partial charge in [-0.1, -0.05) is 0 Å². The molecular weight excluding hydrogens is 296 g/mol. The van der Waals surface area contributed by atoms with Crippen molar-refractivity contribution < 1.29 is 0 Å². The van der Waals surface area contributed by atoms with E-state index in [1.54, 1.807) is 23.0 Å². The van der Waals surface area contributed by atoms with Crippen molar-refractivity contribution in [2.24, 2.45) is 0 Å². The topological polar surface area (TPSA) is 106 Å². The number of pyridine rings is 1. The van der Waals surface area contributed by atoms with Gasteiger partial charge < -0.3 is 11.5 Å². The summed E-state index contributed by atoms with van der Waals surface area (Å²) in [5.41, 5.74) is 17.5. The van der Waals surface area contributed by atoms with Crippen molar-refractivity contribution in [3.05, 3.63) is 42.2 Å². The maximum Gasteiger partial charge on any atom is 0.153 e. The molecule has 0 aliphatic heterocycles. The van der Waals surface area contributed by atoms with Gasteiger partial charge in [-0.2, -0.15) is 5.10 Å². The van der Waals surface area contributed by atoms with Crippen molar-refractivity contribution in [1.82, 2.24) is 20.2 Å². The molecule has 7 heteroatoms. The number of hydrogen-bond acceptors (Lipinski definition) is 6. The SMILES string of the molecule is Nc1cc(-c2cc(-c3cncs3)c3[nH]nc(N)c3c2)ccn1. The number of thiazole rings is 1. The van der Waals surface area contributed by atoms with E-state index in [4.69, 9.17) is 11.5 Å². The minimum atomic E-state index is 0.477. The molecule has 0 amide bonds. The molecule has 108 valence electrons. The predicted octanol–water partition coefficient (Wildman–Crippen LogP) is 2.91. The van der Waals surface area contributed by atoms with Gasteiger partial charge in [0.25, 0.3) is 0 Å². The van der Waals surface area contributed by atoms with Crippen LogP contribution in [0.1, 0.15) is 0 Å². The highest BCUT2D eigenvalue weighted by atomic mass is 32.1. The molecule has 0 aliphatic rings. The van der Waals surface area contributed by atoms with Crippen LogP contribution in [0.25, 0.3) is 32.5 Å². The number of nitrogen functional groups attached to an aromatic ring is 2. The van der Waals surface area contributed by atoms with Gasteiger partial charge in [0, 0.05) is 23.3 Å². The Morgan fingerprint density at radius 3 is 2.77 bits per heavy atom. The van der Waals surface area contributed by atoms with E-state index in [1.165, 1.54) is 0 Å². The number of H-pyrrole nitrogens is 1. The number of fused-ring (bicyclic) bond motifs is 1. The standard InChI is InChI=1S/C15H12N6S/c16-13-5-8(1-2-19-13)9-3-10(12-6-18-7-22-12)14-11(4-9)15(17)21-20-14/h1-7H,(H2,16,19)(H3,17,20,21). The zero-order valence-electron chi connectivity index (χ0n) is 11.4. The Kier molecular flexibility index (Phi) is 2.80. The van der Waals surface area contributed by atoms with Gasteiger partial charge in [0.15, 0.2) is 5.82 Å². The van der Waals surface area contributed by atoms with Crippen LogP contribution >= 0.6 is 11.3 Å². The van der Waals surface area contributed by atoms with Crippen molar-refractivity contribution in [1.29, 1.82) is 0 Å². The number of nitrogens with one attached hydrogen (secondary N) is 1. The lowest BCUT2D eigenvalue weighted by atomic mass is 10.00. The Bertz CT molecular complexity index is 958. The summed E-state index contributed by atoms with van der Waals surface area (Å²) >= 11 is 1.57. The van der Waals surface area contributed by atoms with Crippen molar-refractivity contribution in [3.63, 3.8) is 0 Å². The second kappa shape index (κ2) is 4.81. The fourth-order valence-electron chi connectivity index (χ4n) is 2.48. The van der Waals surface area contributed by atoms with E-state index in [-0.39, 0.29) is 0 Å². The van der Waals surface area contributed by atoms with E-state index in [2.05, 4.69) is 26.2 Å². The van der Waals surface area contributed by atoms with Crippen LogP contribution in [-0.2, 0) is 0 Å². The molecule has 0 unspecified atom stereocenters. The Morgan fingerprint density at radius 2 is 2.00 bits per heavy atom. The van der Waals surface area contributed by atoms with Crippen LogP contribution in [-0.4, -0.2) is 20.2 Å². The van der Waals surface area contributed by atoms with E-state index in [9.17, 15) is 0 Å². The Balaban J connectivity index is 2.03. The lowest BCUT2D eigenvalue weighted by Gasteiger charge is -2.07. The number of benzene rings is 1. The molecule has 3 heterocycles. The van der Waals surface area contributed by atoms with Gasteiger partial charge in [-0.25, -0.2) is 4.98 Å². The van der Waals surface area contributed by atoms with Gasteiger partial charge in [0.1, 0.15) is 5.82 Å². The highest BCUT2D eigenvalue weighted by Crippen LogP contribution is 2.36. The maximum atomic E-state index is 5.98. The fraction of sp³-hybridized carbons (Fsp3) is 0. The molecule has 0 saturated carbocycles. The molecule has 0 aliphatic carbocycles. The Hall–Kier alpha value is -2.93. The zero-order valence-corrected chi connectivity index (χ0v) is 12.3. The van der Waals surface area contributed by atoms with E-state index >= 15 is 0 Å². The molecule has 6 nitrogen and oxygen atoms in total. The van der Waals surface area contributed by atoms with Crippen LogP contribution in [0.2, 0.25) is 0 Å². The first-order chi connectivity index (χ1) is 10.7. The van der Waals surface area contributed by atoms with Crippen molar-refractivity contribution >= 4 is 33.9 Å². The van der Waals surface area contributed by atoms with Crippen LogP contribution < -0.4 is 11.5 Å². The summed E-state index contributed by atoms with van der Waals surface area (Å²) in [5.74, 6) is 0.960. The number of nitrogens with zero attached hydrogens (tertiary/aromatic N) is 3. The number of anilines is 2. The van der Waals surface area contributed by atoms with Gasteiger partial charge in [-0.3, -0.25) is 10.1 Å². The molecule has 4 rings (SSSR count). The smallest absolute Gasteiger partial charge is 0.153 e. The van der Waals surface area contributed by atoms with Gasteiger partial charge in [0.2, 0.25) is 0 Å². The van der Waals surface area contributed by atoms with Crippen molar-refractivity contribution in [2.45, 2.75) is 0 Å². The molecular formula is C15H12N6S. The average molecular weight is 308 g/mol. The van der Waals surface area contributed by atoms with Gasteiger partial charge >= 0.3 is 0 Å². The molecule has 5 N–H and O–H groups in total. The largest absolute Gasteiger partial charge is 0.384 e. The number of hydrogen-bond donors (Lipinski definition) is 3. The fourth-order valence-corrected chi connectivity index (χ4v) is 3.12. The number of rotatable bonds is 2. The van der Waals surface area contributed by atoms with E-state index in [0.29, 0.717) is 11.6 Å². The molecule has 0 radical (unpaired) electrons. The highest BCUT2D eigenvalue weighted by Gasteiger charge is 2.13. The summed E-state index contributed by atoms with van der Waals surface area (Å²) in [7, 11) is 0. The van der Waals surface area contributed by atoms with E-state index in [1.807, 2.05) is 24.4 Å². The van der Waals surface area contributed by atoms with Gasteiger partial charge in [0.05, 0.1) is 15.9 Å². The van der Waals surface area contributed by atoms with Crippen molar-refractivity contribution in [2.75, 3.05) is 11.5 Å². The lowest BCUT2D eigenvalue weighted by molar-refractivity contribution is 1.13. The van der Waals surface area contributed by atoms with Crippen molar-refractivity contribution in [3.8, 4) is 21.6 Å². The van der Waals surface area contributed by atoms with E-state index in [0.717, 1.165) is 32.5 Å². The number of aromatic nitrogens is 4. The average Bonchev–Trinajstić information content (AvgIpc) is 3.17. The summed E-state index contributed by atoms with van der Waals surface area (Å²) in [6.45, 7) is 0. The first-order valence-corrected chi connectivity index (χ1v) is 7.48. The van der Waals surface area contributed by atoms with Crippen LogP contribution in [0.3, 0.4) is 0 Å². The summed E-state index contributed by atoms with van der Waals surface area (Å²) in [4.78, 5) is 9.24. The minimum Gasteiger partial charge on any atom is -0.384 e. The zero-order chi connectivity index (χ0) is 15.1. The number of aromatic amines is 1. The molecule has 4 aromatic rings. The molecule has 22 heavy (non-hydrogen) atoms. The molecule has 0 atom stereocenters. The minimum absolute atomic E-state index is 0.477. The predicted molar refractivity (Wildman–Crippen MR) is 89.3 cm³/mol. The summed E-state index contributed by atoms with van der Waals surface area (Å²) in [5, 5.41) is 8.01. The highest BCUT2D eigenvalue weighted by molar-refractivity contribution is 7.13. The summed E-state index contributed by atoms with van der Waals surface area (Å²) in [6, 6.07) is 7.86. The van der Waals surface area contributed by atoms with Crippen LogP contribution in [0.4, 0.5) is 11.6 Å². The molecule has 0 bridgehead atoms. The third kappa shape index (κ3) is 1.99. The molecule has 0 saturated heterocycles. The normalized spacial score (nSPS) is 11.1. The quantitative estimate of drug-likeness (QED) is 0.528. The first kappa shape index (κ1) is 12.8. The molecule has 0 spiro atoms. The van der Waals surface area contributed by atoms with E-state index < -0.39 is 0 Å².